The molecule has 1 aliphatic rings. The highest BCUT2D eigenvalue weighted by atomic mass is 32.2. The van der Waals surface area contributed by atoms with E-state index in [1.165, 1.54) is 12.8 Å². The Kier molecular flexibility index (Phi) is 5.24. The number of benzene rings is 1. The largest absolute Gasteiger partial charge is 0.398 e. The van der Waals surface area contributed by atoms with Crippen molar-refractivity contribution >= 4 is 15.7 Å². The fourth-order valence-electron chi connectivity index (χ4n) is 2.16. The molecule has 118 valence electrons. The van der Waals surface area contributed by atoms with Gasteiger partial charge in [0, 0.05) is 19.8 Å². The maximum atomic E-state index is 12.3. The summed E-state index contributed by atoms with van der Waals surface area (Å²) in [6.07, 6.45) is 3.19. The summed E-state index contributed by atoms with van der Waals surface area (Å²) in [5, 5.41) is 0. The first-order valence-electron chi connectivity index (χ1n) is 7.35. The second-order valence-corrected chi connectivity index (χ2v) is 7.40. The normalized spacial score (nSPS) is 15.3. The number of hydrogen-bond acceptors (Lipinski definition) is 4. The van der Waals surface area contributed by atoms with Gasteiger partial charge in [0.05, 0.1) is 5.69 Å². The molecule has 3 N–H and O–H groups in total. The van der Waals surface area contributed by atoms with Gasteiger partial charge in [0.25, 0.3) is 0 Å². The molecule has 0 amide bonds. The summed E-state index contributed by atoms with van der Waals surface area (Å²) < 4.78 is 32.8. The number of nitrogen functional groups attached to an aromatic ring is 1. The molecule has 0 unspecified atom stereocenters. The molecule has 0 bridgehead atoms. The molecule has 0 atom stereocenters. The van der Waals surface area contributed by atoms with Gasteiger partial charge in [0.2, 0.25) is 10.0 Å². The molecule has 0 heterocycles. The molecular weight excluding hydrogens is 288 g/mol. The molecule has 0 saturated heterocycles. The average Bonchev–Trinajstić information content (AvgIpc) is 3.22. The highest BCUT2D eigenvalue weighted by Crippen LogP contribution is 2.28. The first-order valence-corrected chi connectivity index (χ1v) is 8.83. The van der Waals surface area contributed by atoms with E-state index in [2.05, 4.69) is 4.72 Å². The number of anilines is 1. The summed E-state index contributed by atoms with van der Waals surface area (Å²) in [4.78, 5) is 0.196. The Morgan fingerprint density at radius 1 is 1.33 bits per heavy atom. The Hall–Kier alpha value is -1.11. The van der Waals surface area contributed by atoms with Crippen LogP contribution in [0.15, 0.2) is 17.0 Å². The lowest BCUT2D eigenvalue weighted by Gasteiger charge is -2.13. The molecule has 2 rings (SSSR count). The van der Waals surface area contributed by atoms with Crippen molar-refractivity contribution in [1.29, 1.82) is 0 Å². The first kappa shape index (κ1) is 16.3. The van der Waals surface area contributed by atoms with Crippen LogP contribution in [0.2, 0.25) is 0 Å². The van der Waals surface area contributed by atoms with Gasteiger partial charge in [0.1, 0.15) is 4.90 Å². The maximum Gasteiger partial charge on any atom is 0.242 e. The number of sulfonamides is 1. The summed E-state index contributed by atoms with van der Waals surface area (Å²) in [6.45, 7) is 5.40. The lowest BCUT2D eigenvalue weighted by atomic mass is 10.1. The summed E-state index contributed by atoms with van der Waals surface area (Å²) >= 11 is 0. The number of nitrogens with two attached hydrogens (primary N) is 1. The molecule has 1 aromatic rings. The SMILES string of the molecule is Cc1ccc(N)c(S(=O)(=O)NCCCOCC2CC2)c1C. The molecule has 0 radical (unpaired) electrons. The van der Waals surface area contributed by atoms with Crippen molar-refractivity contribution in [2.45, 2.75) is 38.0 Å². The molecule has 0 aromatic heterocycles. The van der Waals surface area contributed by atoms with E-state index in [9.17, 15) is 8.42 Å². The van der Waals surface area contributed by atoms with Crippen LogP contribution in [-0.4, -0.2) is 28.2 Å². The molecule has 1 aliphatic carbocycles. The Balaban J connectivity index is 1.87. The molecule has 1 saturated carbocycles. The van der Waals surface area contributed by atoms with Crippen molar-refractivity contribution in [2.24, 2.45) is 5.92 Å². The Labute approximate surface area is 126 Å². The van der Waals surface area contributed by atoms with Crippen molar-refractivity contribution in [3.63, 3.8) is 0 Å². The number of nitrogens with one attached hydrogen (secondary N) is 1. The van der Waals surface area contributed by atoms with E-state index >= 15 is 0 Å². The van der Waals surface area contributed by atoms with Gasteiger partial charge in [-0.1, -0.05) is 6.07 Å². The minimum Gasteiger partial charge on any atom is -0.398 e. The lowest BCUT2D eigenvalue weighted by Crippen LogP contribution is -2.27. The van der Waals surface area contributed by atoms with E-state index in [1.54, 1.807) is 13.0 Å². The van der Waals surface area contributed by atoms with E-state index in [0.29, 0.717) is 25.1 Å². The van der Waals surface area contributed by atoms with E-state index in [-0.39, 0.29) is 10.6 Å². The molecule has 1 aromatic carbocycles. The van der Waals surface area contributed by atoms with Crippen molar-refractivity contribution in [3.05, 3.63) is 23.3 Å². The zero-order chi connectivity index (χ0) is 15.5. The van der Waals surface area contributed by atoms with Crippen LogP contribution >= 0.6 is 0 Å². The highest BCUT2D eigenvalue weighted by Gasteiger charge is 2.22. The zero-order valence-electron chi connectivity index (χ0n) is 12.7. The van der Waals surface area contributed by atoms with Gasteiger partial charge in [0.15, 0.2) is 0 Å². The highest BCUT2D eigenvalue weighted by molar-refractivity contribution is 7.89. The summed E-state index contributed by atoms with van der Waals surface area (Å²) in [5.74, 6) is 0.733. The molecule has 21 heavy (non-hydrogen) atoms. The minimum atomic E-state index is -3.57. The van der Waals surface area contributed by atoms with Crippen molar-refractivity contribution < 1.29 is 13.2 Å². The quantitative estimate of drug-likeness (QED) is 0.568. The van der Waals surface area contributed by atoms with Gasteiger partial charge < -0.3 is 10.5 Å². The van der Waals surface area contributed by atoms with Crippen LogP contribution in [-0.2, 0) is 14.8 Å². The number of aryl methyl sites for hydroxylation is 1. The Morgan fingerprint density at radius 3 is 2.71 bits per heavy atom. The zero-order valence-corrected chi connectivity index (χ0v) is 13.5. The average molecular weight is 312 g/mol. The number of ether oxygens (including phenoxy) is 1. The smallest absolute Gasteiger partial charge is 0.242 e. The van der Waals surface area contributed by atoms with Crippen LogP contribution in [0.1, 0.15) is 30.4 Å². The summed E-state index contributed by atoms with van der Waals surface area (Å²) in [6, 6.07) is 3.46. The molecule has 0 aliphatic heterocycles. The van der Waals surface area contributed by atoms with Crippen LogP contribution in [0.5, 0.6) is 0 Å². The number of hydrogen-bond donors (Lipinski definition) is 2. The topological polar surface area (TPSA) is 81.4 Å². The van der Waals surface area contributed by atoms with Crippen LogP contribution < -0.4 is 10.5 Å². The van der Waals surface area contributed by atoms with E-state index < -0.39 is 10.0 Å². The molecular formula is C15H24N2O3S. The van der Waals surface area contributed by atoms with Crippen molar-refractivity contribution in [2.75, 3.05) is 25.5 Å². The van der Waals surface area contributed by atoms with E-state index in [1.807, 2.05) is 13.0 Å². The van der Waals surface area contributed by atoms with Crippen LogP contribution in [0.4, 0.5) is 5.69 Å². The minimum absolute atomic E-state index is 0.196. The van der Waals surface area contributed by atoms with Gasteiger partial charge in [-0.3, -0.25) is 0 Å². The van der Waals surface area contributed by atoms with Crippen LogP contribution in [0.3, 0.4) is 0 Å². The predicted molar refractivity (Wildman–Crippen MR) is 83.7 cm³/mol. The standard InChI is InChI=1S/C15H24N2O3S/c1-11-4-7-14(16)15(12(11)2)21(18,19)17-8-3-9-20-10-13-5-6-13/h4,7,13,17H,3,5-6,8-10,16H2,1-2H3. The van der Waals surface area contributed by atoms with Gasteiger partial charge >= 0.3 is 0 Å². The fourth-order valence-corrected chi connectivity index (χ4v) is 3.66. The van der Waals surface area contributed by atoms with Crippen molar-refractivity contribution in [3.8, 4) is 0 Å². The Morgan fingerprint density at radius 2 is 2.05 bits per heavy atom. The third-order valence-corrected chi connectivity index (χ3v) is 5.45. The van der Waals surface area contributed by atoms with E-state index in [0.717, 1.165) is 18.1 Å². The van der Waals surface area contributed by atoms with Crippen LogP contribution in [0.25, 0.3) is 0 Å². The first-order chi connectivity index (χ1) is 9.92. The monoisotopic (exact) mass is 312 g/mol. The molecule has 1 fully saturated rings. The number of rotatable bonds is 8. The maximum absolute atomic E-state index is 12.3. The second-order valence-electron chi connectivity index (χ2n) is 5.70. The molecule has 0 spiro atoms. The third-order valence-electron chi connectivity index (χ3n) is 3.78. The Bertz CT molecular complexity index is 595. The van der Waals surface area contributed by atoms with Crippen molar-refractivity contribution in [1.82, 2.24) is 4.72 Å². The molecule has 5 nitrogen and oxygen atoms in total. The van der Waals surface area contributed by atoms with E-state index in [4.69, 9.17) is 10.5 Å². The summed E-state index contributed by atoms with van der Waals surface area (Å²) in [5.41, 5.74) is 7.73. The van der Waals surface area contributed by atoms with Gasteiger partial charge in [-0.15, -0.1) is 0 Å². The summed E-state index contributed by atoms with van der Waals surface area (Å²) in [7, 11) is -3.57. The predicted octanol–water partition coefficient (Wildman–Crippen LogP) is 1.98. The van der Waals surface area contributed by atoms with Gasteiger partial charge in [-0.05, 0) is 56.2 Å². The van der Waals surface area contributed by atoms with Gasteiger partial charge in [-0.2, -0.15) is 0 Å². The van der Waals surface area contributed by atoms with Crippen LogP contribution in [0, 0.1) is 19.8 Å². The van der Waals surface area contributed by atoms with Gasteiger partial charge in [-0.25, -0.2) is 13.1 Å². The molecule has 6 heteroatoms. The fraction of sp³-hybridized carbons (Fsp3) is 0.600. The lowest BCUT2D eigenvalue weighted by molar-refractivity contribution is 0.123. The third kappa shape index (κ3) is 4.43. The second kappa shape index (κ2) is 6.77.